The van der Waals surface area contributed by atoms with Gasteiger partial charge in [0.25, 0.3) is 5.91 Å². The van der Waals surface area contributed by atoms with Crippen molar-refractivity contribution in [2.24, 2.45) is 0 Å². The molecule has 3 nitrogen and oxygen atoms in total. The molecule has 80 valence electrons. The highest BCUT2D eigenvalue weighted by Gasteiger charge is 2.12. The number of carbonyl (C=O) groups excluding carboxylic acids is 1. The zero-order valence-electron chi connectivity index (χ0n) is 8.91. The van der Waals surface area contributed by atoms with Crippen LogP contribution in [0, 0.1) is 19.3 Å². The quantitative estimate of drug-likeness (QED) is 0.791. The molecule has 0 saturated carbocycles. The number of amides is 1. The van der Waals surface area contributed by atoms with E-state index >= 15 is 0 Å². The lowest BCUT2D eigenvalue weighted by Gasteiger charge is -2.10. The Morgan fingerprint density at radius 3 is 3.00 bits per heavy atom. The van der Waals surface area contributed by atoms with Crippen molar-refractivity contribution in [2.75, 3.05) is 0 Å². The largest absolute Gasteiger partial charge is 0.338 e. The fourth-order valence-electron chi connectivity index (χ4n) is 1.18. The third-order valence-corrected chi connectivity index (χ3v) is 2.84. The van der Waals surface area contributed by atoms with Gasteiger partial charge in [-0.1, -0.05) is 19.3 Å². The van der Waals surface area contributed by atoms with Crippen molar-refractivity contribution in [2.45, 2.75) is 32.7 Å². The number of hydrogen-bond donors (Lipinski definition) is 1. The number of hydrogen-bond acceptors (Lipinski definition) is 3. The Bertz CT molecular complexity index is 378. The Morgan fingerprint density at radius 1 is 1.80 bits per heavy atom. The van der Waals surface area contributed by atoms with E-state index in [0.717, 1.165) is 17.8 Å². The minimum Gasteiger partial charge on any atom is -0.338 e. The second kappa shape index (κ2) is 5.52. The highest BCUT2D eigenvalue weighted by atomic mass is 32.1. The summed E-state index contributed by atoms with van der Waals surface area (Å²) in [5, 5.41) is 3.67. The van der Waals surface area contributed by atoms with E-state index in [1.807, 2.05) is 13.8 Å². The van der Waals surface area contributed by atoms with Gasteiger partial charge < -0.3 is 5.32 Å². The predicted octanol–water partition coefficient (Wildman–Crippen LogP) is 1.98. The molecule has 0 aliphatic carbocycles. The van der Waals surface area contributed by atoms with Crippen molar-refractivity contribution in [3.8, 4) is 12.3 Å². The van der Waals surface area contributed by atoms with E-state index in [1.165, 1.54) is 11.3 Å². The van der Waals surface area contributed by atoms with E-state index in [4.69, 9.17) is 6.42 Å². The molecule has 0 aromatic carbocycles. The lowest BCUT2D eigenvalue weighted by molar-refractivity contribution is 0.0948. The van der Waals surface area contributed by atoms with Crippen LogP contribution in [0.2, 0.25) is 0 Å². The first-order chi connectivity index (χ1) is 7.17. The van der Waals surface area contributed by atoms with Gasteiger partial charge in [-0.25, -0.2) is 4.98 Å². The second-order valence-electron chi connectivity index (χ2n) is 3.22. The van der Waals surface area contributed by atoms with Crippen LogP contribution in [0.15, 0.2) is 6.20 Å². The average Bonchev–Trinajstić information content (AvgIpc) is 2.64. The lowest BCUT2D eigenvalue weighted by atomic mass is 10.2. The summed E-state index contributed by atoms with van der Waals surface area (Å²) in [6.07, 6.45) is 8.65. The Balaban J connectivity index is 2.59. The molecule has 1 atom stereocenters. The molecule has 0 spiro atoms. The highest BCUT2D eigenvalue weighted by Crippen LogP contribution is 2.11. The van der Waals surface area contributed by atoms with Gasteiger partial charge in [0.05, 0.1) is 17.2 Å². The molecule has 1 unspecified atom stereocenters. The Labute approximate surface area is 93.9 Å². The molecular weight excluding hydrogens is 208 g/mol. The normalized spacial score (nSPS) is 11.8. The summed E-state index contributed by atoms with van der Waals surface area (Å²) in [5.41, 5.74) is 0. The molecule has 15 heavy (non-hydrogen) atoms. The van der Waals surface area contributed by atoms with Crippen molar-refractivity contribution < 1.29 is 4.79 Å². The van der Waals surface area contributed by atoms with Crippen LogP contribution in [-0.2, 0) is 0 Å². The summed E-state index contributed by atoms with van der Waals surface area (Å²) in [6, 6.07) is -0.176. The van der Waals surface area contributed by atoms with E-state index < -0.39 is 0 Å². The van der Waals surface area contributed by atoms with Gasteiger partial charge in [0.1, 0.15) is 4.88 Å². The number of aromatic nitrogens is 1. The van der Waals surface area contributed by atoms with Crippen LogP contribution in [0.3, 0.4) is 0 Å². The first-order valence-electron chi connectivity index (χ1n) is 4.86. The highest BCUT2D eigenvalue weighted by molar-refractivity contribution is 7.13. The van der Waals surface area contributed by atoms with Gasteiger partial charge in [-0.15, -0.1) is 17.8 Å². The number of nitrogens with zero attached hydrogens (tertiary/aromatic N) is 1. The molecule has 1 amide bonds. The monoisotopic (exact) mass is 222 g/mol. The number of rotatable bonds is 4. The zero-order chi connectivity index (χ0) is 11.3. The Hall–Kier alpha value is -1.34. The maximum Gasteiger partial charge on any atom is 0.263 e. The second-order valence-corrected chi connectivity index (χ2v) is 4.46. The summed E-state index contributed by atoms with van der Waals surface area (Å²) in [7, 11) is 0. The number of thiazole rings is 1. The van der Waals surface area contributed by atoms with Crippen LogP contribution in [0.1, 0.15) is 34.4 Å². The molecule has 0 aliphatic rings. The number of aryl methyl sites for hydroxylation is 1. The minimum absolute atomic E-state index is 0.128. The van der Waals surface area contributed by atoms with Crippen molar-refractivity contribution >= 4 is 17.2 Å². The van der Waals surface area contributed by atoms with Crippen molar-refractivity contribution in [3.05, 3.63) is 16.1 Å². The molecule has 1 N–H and O–H groups in total. The molecule has 0 saturated heterocycles. The molecule has 0 bridgehead atoms. The van der Waals surface area contributed by atoms with Gasteiger partial charge in [0.2, 0.25) is 0 Å². The van der Waals surface area contributed by atoms with Gasteiger partial charge in [-0.05, 0) is 13.3 Å². The van der Waals surface area contributed by atoms with Crippen LogP contribution in [0.25, 0.3) is 0 Å². The Kier molecular flexibility index (Phi) is 4.32. The third kappa shape index (κ3) is 3.37. The summed E-state index contributed by atoms with van der Waals surface area (Å²) >= 11 is 1.37. The lowest BCUT2D eigenvalue weighted by Crippen LogP contribution is -2.33. The SMILES string of the molecule is C#CC(CCC)NC(=O)c1cnc(C)s1. The first-order valence-corrected chi connectivity index (χ1v) is 5.68. The zero-order valence-corrected chi connectivity index (χ0v) is 9.73. The van der Waals surface area contributed by atoms with Crippen LogP contribution in [-0.4, -0.2) is 16.9 Å². The fraction of sp³-hybridized carbons (Fsp3) is 0.455. The number of carbonyl (C=O) groups is 1. The maximum absolute atomic E-state index is 11.7. The van der Waals surface area contributed by atoms with Gasteiger partial charge in [-0.2, -0.15) is 0 Å². The smallest absolute Gasteiger partial charge is 0.263 e. The molecule has 0 aliphatic heterocycles. The predicted molar refractivity (Wildman–Crippen MR) is 61.8 cm³/mol. The molecular formula is C11H14N2OS. The van der Waals surface area contributed by atoms with E-state index in [1.54, 1.807) is 6.20 Å². The van der Waals surface area contributed by atoms with Crippen LogP contribution in [0.5, 0.6) is 0 Å². The van der Waals surface area contributed by atoms with Crippen molar-refractivity contribution in [3.63, 3.8) is 0 Å². The number of nitrogens with one attached hydrogen (secondary N) is 1. The van der Waals surface area contributed by atoms with Crippen LogP contribution >= 0.6 is 11.3 Å². The summed E-state index contributed by atoms with van der Waals surface area (Å²) < 4.78 is 0. The van der Waals surface area contributed by atoms with E-state index in [0.29, 0.717) is 4.88 Å². The van der Waals surface area contributed by atoms with E-state index in [2.05, 4.69) is 16.2 Å². The Morgan fingerprint density at radius 2 is 2.53 bits per heavy atom. The molecule has 4 heteroatoms. The van der Waals surface area contributed by atoms with E-state index in [-0.39, 0.29) is 11.9 Å². The van der Waals surface area contributed by atoms with Gasteiger partial charge >= 0.3 is 0 Å². The van der Waals surface area contributed by atoms with Crippen molar-refractivity contribution in [1.29, 1.82) is 0 Å². The molecule has 1 heterocycles. The molecule has 1 rings (SSSR count). The number of terminal acetylenes is 1. The summed E-state index contributed by atoms with van der Waals surface area (Å²) in [6.45, 7) is 3.90. The summed E-state index contributed by atoms with van der Waals surface area (Å²) in [5.74, 6) is 2.43. The molecule has 1 aromatic rings. The van der Waals surface area contributed by atoms with Crippen LogP contribution < -0.4 is 5.32 Å². The third-order valence-electron chi connectivity index (χ3n) is 1.93. The van der Waals surface area contributed by atoms with E-state index in [9.17, 15) is 4.79 Å². The van der Waals surface area contributed by atoms with Crippen LogP contribution in [0.4, 0.5) is 0 Å². The molecule has 0 radical (unpaired) electrons. The molecule has 1 aromatic heterocycles. The van der Waals surface area contributed by atoms with Gasteiger partial charge in [0, 0.05) is 0 Å². The van der Waals surface area contributed by atoms with Crippen molar-refractivity contribution in [1.82, 2.24) is 10.3 Å². The fourth-order valence-corrected chi connectivity index (χ4v) is 1.86. The minimum atomic E-state index is -0.176. The van der Waals surface area contributed by atoms with Gasteiger partial charge in [0.15, 0.2) is 0 Å². The maximum atomic E-state index is 11.7. The average molecular weight is 222 g/mol. The topological polar surface area (TPSA) is 42.0 Å². The van der Waals surface area contributed by atoms with Gasteiger partial charge in [-0.3, -0.25) is 4.79 Å². The molecule has 0 fully saturated rings. The standard InChI is InChI=1S/C11H14N2OS/c1-4-6-9(5-2)13-11(14)10-7-12-8(3)15-10/h2,7,9H,4,6H2,1,3H3,(H,13,14). The first kappa shape index (κ1) is 11.7. The summed E-state index contributed by atoms with van der Waals surface area (Å²) in [4.78, 5) is 16.3.